The number of hydrogen-bond acceptors (Lipinski definition) is 6. The number of nitrogens with one attached hydrogen (secondary N) is 1. The zero-order valence-electron chi connectivity index (χ0n) is 12.7. The monoisotopic (exact) mass is 315 g/mol. The average molecular weight is 315 g/mol. The molecular weight excluding hydrogens is 298 g/mol. The normalized spacial score (nSPS) is 12.5. The van der Waals surface area contributed by atoms with Crippen LogP contribution in [0.3, 0.4) is 0 Å². The molecule has 3 aromatic rings. The molecule has 3 aromatic heterocycles. The lowest BCUT2D eigenvalue weighted by molar-refractivity contribution is 0.753. The molecule has 0 radical (unpaired) electrons. The maximum Gasteiger partial charge on any atom is 0.267 e. The maximum absolute atomic E-state index is 12.6. The number of hydrogen-bond donors (Lipinski definition) is 1. The minimum absolute atomic E-state index is 0.109. The van der Waals surface area contributed by atoms with Crippen molar-refractivity contribution in [2.24, 2.45) is 0 Å². The van der Waals surface area contributed by atoms with Gasteiger partial charge in [-0.05, 0) is 26.3 Å². The first-order chi connectivity index (χ1) is 10.6. The van der Waals surface area contributed by atoms with Gasteiger partial charge in [0.1, 0.15) is 0 Å². The van der Waals surface area contributed by atoms with Gasteiger partial charge in [-0.25, -0.2) is 15.0 Å². The standard InChI is InChI=1S/C15H17N5OS/c1-4-9(2)18-14-16-6-5-12(19-14)11-7-17-15-20(13(11)21)8-10(3)22-15/h5-9H,4H2,1-3H3,(H,16,18,19)/t9-/m0/s1. The van der Waals surface area contributed by atoms with Crippen molar-refractivity contribution in [3.63, 3.8) is 0 Å². The number of aryl methyl sites for hydroxylation is 1. The molecule has 0 unspecified atom stereocenters. The highest BCUT2D eigenvalue weighted by Gasteiger charge is 2.11. The molecule has 0 saturated carbocycles. The van der Waals surface area contributed by atoms with Crippen LogP contribution in [0.2, 0.25) is 0 Å². The van der Waals surface area contributed by atoms with Gasteiger partial charge in [-0.15, -0.1) is 11.3 Å². The molecule has 0 aromatic carbocycles. The molecule has 1 atom stereocenters. The summed E-state index contributed by atoms with van der Waals surface area (Å²) in [7, 11) is 0. The lowest BCUT2D eigenvalue weighted by Gasteiger charge is -2.11. The molecule has 1 N–H and O–H groups in total. The molecule has 7 heteroatoms. The number of anilines is 1. The Balaban J connectivity index is 2.05. The van der Waals surface area contributed by atoms with Crippen molar-refractivity contribution in [2.45, 2.75) is 33.2 Å². The van der Waals surface area contributed by atoms with Crippen molar-refractivity contribution in [3.8, 4) is 11.3 Å². The summed E-state index contributed by atoms with van der Waals surface area (Å²) in [6, 6.07) is 2.00. The summed E-state index contributed by atoms with van der Waals surface area (Å²) in [5.74, 6) is 0.526. The zero-order valence-corrected chi connectivity index (χ0v) is 13.5. The minimum Gasteiger partial charge on any atom is -0.352 e. The average Bonchev–Trinajstić information content (AvgIpc) is 2.89. The molecule has 0 aliphatic carbocycles. The largest absolute Gasteiger partial charge is 0.352 e. The third-order valence-electron chi connectivity index (χ3n) is 3.44. The van der Waals surface area contributed by atoms with Gasteiger partial charge in [0.25, 0.3) is 5.56 Å². The fourth-order valence-corrected chi connectivity index (χ4v) is 2.86. The van der Waals surface area contributed by atoms with Crippen LogP contribution in [0.25, 0.3) is 16.2 Å². The van der Waals surface area contributed by atoms with Gasteiger partial charge in [0, 0.05) is 29.5 Å². The van der Waals surface area contributed by atoms with E-state index in [1.165, 1.54) is 11.3 Å². The van der Waals surface area contributed by atoms with Crippen LogP contribution in [0, 0.1) is 6.92 Å². The van der Waals surface area contributed by atoms with Gasteiger partial charge in [-0.3, -0.25) is 9.20 Å². The summed E-state index contributed by atoms with van der Waals surface area (Å²) in [5, 5.41) is 3.21. The molecule has 0 amide bonds. The van der Waals surface area contributed by atoms with Gasteiger partial charge in [-0.2, -0.15) is 0 Å². The second-order valence-electron chi connectivity index (χ2n) is 5.19. The number of nitrogens with zero attached hydrogens (tertiary/aromatic N) is 4. The maximum atomic E-state index is 12.6. The van der Waals surface area contributed by atoms with Gasteiger partial charge in [0.2, 0.25) is 5.95 Å². The fraction of sp³-hybridized carbons (Fsp3) is 0.333. The molecule has 22 heavy (non-hydrogen) atoms. The minimum atomic E-state index is -0.109. The Morgan fingerprint density at radius 3 is 3.00 bits per heavy atom. The summed E-state index contributed by atoms with van der Waals surface area (Å²) in [4.78, 5) is 27.3. The molecule has 0 bridgehead atoms. The van der Waals surface area contributed by atoms with Crippen LogP contribution in [-0.4, -0.2) is 25.4 Å². The van der Waals surface area contributed by atoms with Crippen LogP contribution in [-0.2, 0) is 0 Å². The van der Waals surface area contributed by atoms with Crippen molar-refractivity contribution in [2.75, 3.05) is 5.32 Å². The number of aromatic nitrogens is 4. The van der Waals surface area contributed by atoms with Crippen LogP contribution in [0.4, 0.5) is 5.95 Å². The van der Waals surface area contributed by atoms with Crippen molar-refractivity contribution >= 4 is 22.2 Å². The molecule has 0 aliphatic heterocycles. The Kier molecular flexibility index (Phi) is 3.89. The van der Waals surface area contributed by atoms with E-state index >= 15 is 0 Å². The van der Waals surface area contributed by atoms with E-state index < -0.39 is 0 Å². The third-order valence-corrected chi connectivity index (χ3v) is 4.35. The summed E-state index contributed by atoms with van der Waals surface area (Å²) in [6.07, 6.45) is 6.01. The number of rotatable bonds is 4. The van der Waals surface area contributed by atoms with E-state index in [1.807, 2.05) is 6.92 Å². The van der Waals surface area contributed by atoms with Gasteiger partial charge < -0.3 is 5.32 Å². The highest BCUT2D eigenvalue weighted by Crippen LogP contribution is 2.17. The molecule has 3 rings (SSSR count). The lowest BCUT2D eigenvalue weighted by Crippen LogP contribution is -2.17. The summed E-state index contributed by atoms with van der Waals surface area (Å²) >= 11 is 1.49. The Labute approximate surface area is 131 Å². The van der Waals surface area contributed by atoms with Crippen LogP contribution in [0.5, 0.6) is 0 Å². The van der Waals surface area contributed by atoms with Crippen molar-refractivity contribution in [3.05, 3.63) is 39.9 Å². The van der Waals surface area contributed by atoms with E-state index in [4.69, 9.17) is 0 Å². The highest BCUT2D eigenvalue weighted by molar-refractivity contribution is 7.16. The fourth-order valence-electron chi connectivity index (χ4n) is 2.07. The number of fused-ring (bicyclic) bond motifs is 1. The molecular formula is C15H17N5OS. The summed E-state index contributed by atoms with van der Waals surface area (Å²) in [6.45, 7) is 6.11. The van der Waals surface area contributed by atoms with E-state index in [9.17, 15) is 4.79 Å². The topological polar surface area (TPSA) is 72.2 Å². The molecule has 0 spiro atoms. The molecule has 0 fully saturated rings. The molecule has 3 heterocycles. The third kappa shape index (κ3) is 2.71. The molecule has 0 aliphatic rings. The second-order valence-corrected chi connectivity index (χ2v) is 6.40. The van der Waals surface area contributed by atoms with E-state index in [1.54, 1.807) is 29.1 Å². The first kappa shape index (κ1) is 14.6. The predicted octanol–water partition coefficient (Wildman–Crippen LogP) is 2.73. The Morgan fingerprint density at radius 2 is 2.23 bits per heavy atom. The van der Waals surface area contributed by atoms with Crippen LogP contribution >= 0.6 is 11.3 Å². The quantitative estimate of drug-likeness (QED) is 0.801. The van der Waals surface area contributed by atoms with Crippen LogP contribution < -0.4 is 10.9 Å². The van der Waals surface area contributed by atoms with E-state index in [0.29, 0.717) is 22.2 Å². The Morgan fingerprint density at radius 1 is 1.41 bits per heavy atom. The van der Waals surface area contributed by atoms with E-state index in [2.05, 4.69) is 34.1 Å². The number of thiazole rings is 1. The van der Waals surface area contributed by atoms with Gasteiger partial charge in [0.05, 0.1) is 11.3 Å². The SMILES string of the molecule is CC[C@H](C)Nc1nccc(-c2cnc3sc(C)cn3c2=O)n1. The van der Waals surface area contributed by atoms with E-state index in [0.717, 1.165) is 11.3 Å². The van der Waals surface area contributed by atoms with Gasteiger partial charge in [0.15, 0.2) is 4.96 Å². The van der Waals surface area contributed by atoms with Crippen LogP contribution in [0.1, 0.15) is 25.1 Å². The van der Waals surface area contributed by atoms with Gasteiger partial charge >= 0.3 is 0 Å². The highest BCUT2D eigenvalue weighted by atomic mass is 32.1. The van der Waals surface area contributed by atoms with Crippen molar-refractivity contribution < 1.29 is 0 Å². The van der Waals surface area contributed by atoms with Crippen molar-refractivity contribution in [1.29, 1.82) is 0 Å². The summed E-state index contributed by atoms with van der Waals surface area (Å²) in [5.41, 5.74) is 0.948. The second kappa shape index (κ2) is 5.84. The van der Waals surface area contributed by atoms with Gasteiger partial charge in [-0.1, -0.05) is 6.92 Å². The Hall–Kier alpha value is -2.28. The van der Waals surface area contributed by atoms with Crippen LogP contribution in [0.15, 0.2) is 29.5 Å². The molecule has 6 nitrogen and oxygen atoms in total. The zero-order chi connectivity index (χ0) is 15.7. The molecule has 114 valence electrons. The first-order valence-electron chi connectivity index (χ1n) is 7.16. The van der Waals surface area contributed by atoms with Crippen molar-refractivity contribution in [1.82, 2.24) is 19.4 Å². The molecule has 0 saturated heterocycles. The summed E-state index contributed by atoms with van der Waals surface area (Å²) < 4.78 is 1.57. The Bertz CT molecular complexity index is 870. The van der Waals surface area contributed by atoms with E-state index in [-0.39, 0.29) is 11.6 Å². The lowest BCUT2D eigenvalue weighted by atomic mass is 10.2. The first-order valence-corrected chi connectivity index (χ1v) is 7.98. The smallest absolute Gasteiger partial charge is 0.267 e. The predicted molar refractivity (Wildman–Crippen MR) is 88.5 cm³/mol.